The molecule has 0 aliphatic heterocycles. The van der Waals surface area contributed by atoms with Crippen LogP contribution in [-0.4, -0.2) is 16.5 Å². The first-order valence-electron chi connectivity index (χ1n) is 6.52. The van der Waals surface area contributed by atoms with Crippen molar-refractivity contribution in [1.82, 2.24) is 9.97 Å². The highest BCUT2D eigenvalue weighted by Crippen LogP contribution is 2.24. The molecule has 1 heterocycles. The van der Waals surface area contributed by atoms with Gasteiger partial charge in [0.25, 0.3) is 0 Å². The lowest BCUT2D eigenvalue weighted by Gasteiger charge is -2.11. The lowest BCUT2D eigenvalue weighted by atomic mass is 10.2. The molecule has 0 aliphatic carbocycles. The molecule has 96 valence electrons. The molecule has 0 amide bonds. The third kappa shape index (κ3) is 4.26. The fourth-order valence-corrected chi connectivity index (χ4v) is 2.18. The minimum Gasteiger partial charge on any atom is -0.369 e. The van der Waals surface area contributed by atoms with Crippen molar-refractivity contribution in [2.45, 2.75) is 52.9 Å². The minimum atomic E-state index is 0.934. The van der Waals surface area contributed by atoms with Crippen LogP contribution < -0.4 is 5.32 Å². The Morgan fingerprint density at radius 2 is 1.88 bits per heavy atom. The summed E-state index contributed by atoms with van der Waals surface area (Å²) in [6, 6.07) is 0. The summed E-state index contributed by atoms with van der Waals surface area (Å²) < 4.78 is 1.02. The molecule has 0 unspecified atom stereocenters. The van der Waals surface area contributed by atoms with E-state index >= 15 is 0 Å². The van der Waals surface area contributed by atoms with Crippen LogP contribution >= 0.6 is 15.9 Å². The fraction of sp³-hybridized carbons (Fsp3) is 0.692. The number of hydrogen-bond donors (Lipinski definition) is 1. The van der Waals surface area contributed by atoms with Crippen molar-refractivity contribution in [1.29, 1.82) is 0 Å². The van der Waals surface area contributed by atoms with Crippen LogP contribution in [0.25, 0.3) is 0 Å². The van der Waals surface area contributed by atoms with E-state index in [9.17, 15) is 0 Å². The van der Waals surface area contributed by atoms with E-state index in [4.69, 9.17) is 0 Å². The second kappa shape index (κ2) is 7.64. The Morgan fingerprint density at radius 3 is 2.47 bits per heavy atom. The van der Waals surface area contributed by atoms with Crippen molar-refractivity contribution in [2.75, 3.05) is 11.9 Å². The summed E-state index contributed by atoms with van der Waals surface area (Å²) in [6.45, 7) is 7.42. The number of aromatic nitrogens is 2. The van der Waals surface area contributed by atoms with Crippen LogP contribution in [0, 0.1) is 0 Å². The molecule has 0 bridgehead atoms. The second-order valence-electron chi connectivity index (χ2n) is 4.13. The molecule has 17 heavy (non-hydrogen) atoms. The summed E-state index contributed by atoms with van der Waals surface area (Å²) in [6.07, 6.45) is 5.33. The molecule has 0 aromatic carbocycles. The van der Waals surface area contributed by atoms with E-state index in [1.807, 2.05) is 0 Å². The molecule has 4 heteroatoms. The van der Waals surface area contributed by atoms with Gasteiger partial charge in [0.15, 0.2) is 0 Å². The molecule has 0 saturated heterocycles. The third-order valence-corrected chi connectivity index (χ3v) is 3.43. The molecular formula is C13H22BrN3. The molecule has 0 aliphatic rings. The summed E-state index contributed by atoms with van der Waals surface area (Å²) in [5.74, 6) is 1.91. The number of nitrogens with zero attached hydrogens (tertiary/aromatic N) is 2. The fourth-order valence-electron chi connectivity index (χ4n) is 1.59. The monoisotopic (exact) mass is 299 g/mol. The number of unbranched alkanes of at least 4 members (excludes halogenated alkanes) is 1. The molecule has 0 atom stereocenters. The average molecular weight is 300 g/mol. The van der Waals surface area contributed by atoms with Gasteiger partial charge >= 0.3 is 0 Å². The van der Waals surface area contributed by atoms with Crippen molar-refractivity contribution in [3.8, 4) is 0 Å². The molecule has 3 nitrogen and oxygen atoms in total. The number of hydrogen-bond acceptors (Lipinski definition) is 3. The van der Waals surface area contributed by atoms with Gasteiger partial charge in [-0.25, -0.2) is 9.97 Å². The van der Waals surface area contributed by atoms with E-state index in [-0.39, 0.29) is 0 Å². The predicted octanol–water partition coefficient (Wildman–Crippen LogP) is 3.97. The number of nitrogens with one attached hydrogen (secondary N) is 1. The first-order chi connectivity index (χ1) is 8.22. The molecule has 0 radical (unpaired) electrons. The van der Waals surface area contributed by atoms with Gasteiger partial charge in [0.05, 0.1) is 10.2 Å². The van der Waals surface area contributed by atoms with Crippen LogP contribution in [-0.2, 0) is 12.8 Å². The van der Waals surface area contributed by atoms with E-state index in [2.05, 4.69) is 52.0 Å². The lowest BCUT2D eigenvalue weighted by Crippen LogP contribution is -2.09. The summed E-state index contributed by atoms with van der Waals surface area (Å²) in [7, 11) is 0. The zero-order chi connectivity index (χ0) is 12.7. The zero-order valence-electron chi connectivity index (χ0n) is 11.0. The van der Waals surface area contributed by atoms with Gasteiger partial charge in [0.1, 0.15) is 11.6 Å². The number of halogens is 1. The van der Waals surface area contributed by atoms with E-state index in [1.54, 1.807) is 0 Å². The first-order valence-corrected chi connectivity index (χ1v) is 7.31. The molecule has 1 N–H and O–H groups in total. The standard InChI is InChI=1S/C13H22BrN3/c1-4-7-8-11-16-10(6-3)12(14)13(17-11)15-9-5-2/h4-9H2,1-3H3,(H,15,16,17). The van der Waals surface area contributed by atoms with Crippen molar-refractivity contribution in [3.63, 3.8) is 0 Å². The number of rotatable bonds is 7. The van der Waals surface area contributed by atoms with Gasteiger partial charge in [-0.15, -0.1) is 0 Å². The molecule has 1 aromatic rings. The van der Waals surface area contributed by atoms with Crippen LogP contribution in [0.4, 0.5) is 5.82 Å². The maximum Gasteiger partial charge on any atom is 0.144 e. The number of aryl methyl sites for hydroxylation is 2. The van der Waals surface area contributed by atoms with Gasteiger partial charge < -0.3 is 5.32 Å². The third-order valence-electron chi connectivity index (χ3n) is 2.60. The van der Waals surface area contributed by atoms with Crippen LogP contribution in [0.3, 0.4) is 0 Å². The van der Waals surface area contributed by atoms with E-state index in [0.717, 1.165) is 54.0 Å². The molecular weight excluding hydrogens is 278 g/mol. The largest absolute Gasteiger partial charge is 0.369 e. The summed E-state index contributed by atoms with van der Waals surface area (Å²) in [5, 5.41) is 3.36. The zero-order valence-corrected chi connectivity index (χ0v) is 12.6. The molecule has 0 fully saturated rings. The Morgan fingerprint density at radius 1 is 1.12 bits per heavy atom. The maximum atomic E-state index is 4.60. The predicted molar refractivity (Wildman–Crippen MR) is 76.5 cm³/mol. The number of anilines is 1. The van der Waals surface area contributed by atoms with Crippen LogP contribution in [0.2, 0.25) is 0 Å². The summed E-state index contributed by atoms with van der Waals surface area (Å²) >= 11 is 3.59. The van der Waals surface area contributed by atoms with Gasteiger partial charge in [0.2, 0.25) is 0 Å². The van der Waals surface area contributed by atoms with Crippen molar-refractivity contribution in [2.24, 2.45) is 0 Å². The van der Waals surface area contributed by atoms with Gasteiger partial charge in [-0.2, -0.15) is 0 Å². The molecule has 0 spiro atoms. The van der Waals surface area contributed by atoms with Gasteiger partial charge in [-0.1, -0.05) is 27.2 Å². The highest BCUT2D eigenvalue weighted by Gasteiger charge is 2.10. The Labute approximate surface area is 113 Å². The van der Waals surface area contributed by atoms with Crippen LogP contribution in [0.1, 0.15) is 51.6 Å². The SMILES string of the molecule is CCCCc1nc(CC)c(Br)c(NCCC)n1. The van der Waals surface area contributed by atoms with E-state index in [1.165, 1.54) is 6.42 Å². The quantitative estimate of drug-likeness (QED) is 0.828. The first kappa shape index (κ1) is 14.4. The molecule has 1 rings (SSSR count). The smallest absolute Gasteiger partial charge is 0.144 e. The van der Waals surface area contributed by atoms with Crippen LogP contribution in [0.15, 0.2) is 4.47 Å². The molecule has 1 aromatic heterocycles. The van der Waals surface area contributed by atoms with Crippen molar-refractivity contribution < 1.29 is 0 Å². The average Bonchev–Trinajstić information content (AvgIpc) is 2.35. The Hall–Kier alpha value is -0.640. The maximum absolute atomic E-state index is 4.60. The van der Waals surface area contributed by atoms with E-state index in [0.29, 0.717) is 0 Å². The second-order valence-corrected chi connectivity index (χ2v) is 4.93. The van der Waals surface area contributed by atoms with Crippen molar-refractivity contribution >= 4 is 21.7 Å². The van der Waals surface area contributed by atoms with Gasteiger partial charge in [0, 0.05) is 13.0 Å². The minimum absolute atomic E-state index is 0.934. The lowest BCUT2D eigenvalue weighted by molar-refractivity contribution is 0.742. The summed E-state index contributed by atoms with van der Waals surface area (Å²) in [5.41, 5.74) is 1.10. The highest BCUT2D eigenvalue weighted by molar-refractivity contribution is 9.10. The van der Waals surface area contributed by atoms with E-state index < -0.39 is 0 Å². The molecule has 0 saturated carbocycles. The topological polar surface area (TPSA) is 37.8 Å². The van der Waals surface area contributed by atoms with Crippen molar-refractivity contribution in [3.05, 3.63) is 16.0 Å². The Bertz CT molecular complexity index is 353. The summed E-state index contributed by atoms with van der Waals surface area (Å²) in [4.78, 5) is 9.19. The highest BCUT2D eigenvalue weighted by atomic mass is 79.9. The van der Waals surface area contributed by atoms with Gasteiger partial charge in [-0.05, 0) is 35.2 Å². The Kier molecular flexibility index (Phi) is 6.48. The van der Waals surface area contributed by atoms with Crippen LogP contribution in [0.5, 0.6) is 0 Å². The normalized spacial score (nSPS) is 10.6. The Balaban J connectivity index is 2.92. The van der Waals surface area contributed by atoms with Gasteiger partial charge in [-0.3, -0.25) is 0 Å².